The first-order valence-electron chi connectivity index (χ1n) is 9.95. The Labute approximate surface area is 168 Å². The van der Waals surface area contributed by atoms with E-state index in [2.05, 4.69) is 24.4 Å². The molecule has 2 aliphatic rings. The van der Waals surface area contributed by atoms with Gasteiger partial charge in [0.25, 0.3) is 0 Å². The normalized spacial score (nSPS) is 24.0. The maximum absolute atomic E-state index is 12.0. The second kappa shape index (κ2) is 9.34. The van der Waals surface area contributed by atoms with Gasteiger partial charge < -0.3 is 15.0 Å². The van der Waals surface area contributed by atoms with Crippen molar-refractivity contribution in [2.45, 2.75) is 57.6 Å². The first kappa shape index (κ1) is 20.6. The molecule has 1 aromatic carbocycles. The summed E-state index contributed by atoms with van der Waals surface area (Å²) in [6, 6.07) is 8.29. The largest absolute Gasteiger partial charge is 0.376 e. The lowest BCUT2D eigenvalue weighted by molar-refractivity contribution is 0.0851. The van der Waals surface area contributed by atoms with E-state index >= 15 is 0 Å². The number of sulfone groups is 1. The molecule has 2 fully saturated rings. The Hall–Kier alpha value is -1.18. The lowest BCUT2D eigenvalue weighted by Crippen LogP contribution is -2.47. The molecule has 150 valence electrons. The standard InChI is InChI=1S/C20H30N2O3S2/c1-2-3-5-16-7-9-17(10-8-16)21-20(26)22(14-19-6-4-12-25-19)18-11-13-27(23,24)15-18/h7-10,18-19H,2-6,11-15H2,1H3,(H,21,26)/t18-,19-/m1/s1. The summed E-state index contributed by atoms with van der Waals surface area (Å²) in [6.45, 7) is 3.63. The molecule has 5 nitrogen and oxygen atoms in total. The smallest absolute Gasteiger partial charge is 0.173 e. The van der Waals surface area contributed by atoms with Crippen LogP contribution in [0.4, 0.5) is 5.69 Å². The van der Waals surface area contributed by atoms with Gasteiger partial charge >= 0.3 is 0 Å². The van der Waals surface area contributed by atoms with Crippen molar-refractivity contribution < 1.29 is 13.2 Å². The third-order valence-corrected chi connectivity index (χ3v) is 7.45. The van der Waals surface area contributed by atoms with Crippen molar-refractivity contribution in [3.8, 4) is 0 Å². The van der Waals surface area contributed by atoms with Gasteiger partial charge in [0.05, 0.1) is 17.6 Å². The Morgan fingerprint density at radius 1 is 1.30 bits per heavy atom. The zero-order valence-corrected chi connectivity index (χ0v) is 17.7. The Morgan fingerprint density at radius 2 is 2.07 bits per heavy atom. The number of unbranched alkanes of at least 4 members (excludes halogenated alkanes) is 1. The predicted molar refractivity (Wildman–Crippen MR) is 114 cm³/mol. The monoisotopic (exact) mass is 410 g/mol. The molecule has 0 unspecified atom stereocenters. The number of thiocarbonyl (C=S) groups is 1. The highest BCUT2D eigenvalue weighted by atomic mass is 32.2. The average Bonchev–Trinajstić information content (AvgIpc) is 3.28. The van der Waals surface area contributed by atoms with Gasteiger partial charge in [-0.15, -0.1) is 0 Å². The van der Waals surface area contributed by atoms with E-state index in [0.717, 1.165) is 31.6 Å². The average molecular weight is 411 g/mol. The zero-order chi connectivity index (χ0) is 19.3. The molecule has 27 heavy (non-hydrogen) atoms. The van der Waals surface area contributed by atoms with E-state index in [9.17, 15) is 8.42 Å². The molecule has 1 N–H and O–H groups in total. The molecule has 0 saturated carbocycles. The van der Waals surface area contributed by atoms with Crippen molar-refractivity contribution in [3.63, 3.8) is 0 Å². The maximum Gasteiger partial charge on any atom is 0.173 e. The molecule has 3 rings (SSSR count). The van der Waals surface area contributed by atoms with E-state index in [1.807, 2.05) is 17.0 Å². The van der Waals surface area contributed by atoms with Gasteiger partial charge in [-0.05, 0) is 62.0 Å². The summed E-state index contributed by atoms with van der Waals surface area (Å²) < 4.78 is 29.7. The van der Waals surface area contributed by atoms with Crippen LogP contribution >= 0.6 is 12.2 Å². The van der Waals surface area contributed by atoms with Gasteiger partial charge in [0.2, 0.25) is 0 Å². The lowest BCUT2D eigenvalue weighted by atomic mass is 10.1. The van der Waals surface area contributed by atoms with Gasteiger partial charge in [-0.3, -0.25) is 0 Å². The third kappa shape index (κ3) is 5.90. The summed E-state index contributed by atoms with van der Waals surface area (Å²) in [4.78, 5) is 2.04. The number of ether oxygens (including phenoxy) is 1. The molecule has 2 aliphatic heterocycles. The highest BCUT2D eigenvalue weighted by Crippen LogP contribution is 2.23. The Kier molecular flexibility index (Phi) is 7.11. The summed E-state index contributed by atoms with van der Waals surface area (Å²) in [6.07, 6.45) is 6.29. The van der Waals surface area contributed by atoms with Crippen molar-refractivity contribution >= 4 is 32.9 Å². The van der Waals surface area contributed by atoms with E-state index < -0.39 is 9.84 Å². The van der Waals surface area contributed by atoms with Crippen LogP contribution in [-0.4, -0.2) is 55.2 Å². The van der Waals surface area contributed by atoms with Crippen molar-refractivity contribution in [1.82, 2.24) is 4.90 Å². The van der Waals surface area contributed by atoms with Gasteiger partial charge in [-0.25, -0.2) is 8.42 Å². The van der Waals surface area contributed by atoms with Crippen LogP contribution in [0, 0.1) is 0 Å². The molecule has 0 aliphatic carbocycles. The number of benzene rings is 1. The summed E-state index contributed by atoms with van der Waals surface area (Å²) in [5.74, 6) is 0.423. The fourth-order valence-electron chi connectivity index (χ4n) is 3.76. The van der Waals surface area contributed by atoms with Crippen LogP contribution in [0.3, 0.4) is 0 Å². The van der Waals surface area contributed by atoms with E-state index in [1.54, 1.807) is 0 Å². The molecular weight excluding hydrogens is 380 g/mol. The summed E-state index contributed by atoms with van der Waals surface area (Å²) in [5, 5.41) is 3.90. The van der Waals surface area contributed by atoms with Crippen molar-refractivity contribution in [2.75, 3.05) is 30.0 Å². The summed E-state index contributed by atoms with van der Waals surface area (Å²) >= 11 is 5.67. The van der Waals surface area contributed by atoms with Crippen molar-refractivity contribution in [2.24, 2.45) is 0 Å². The molecule has 0 amide bonds. The first-order valence-corrected chi connectivity index (χ1v) is 12.2. The minimum atomic E-state index is -2.96. The number of aryl methyl sites for hydroxylation is 1. The second-order valence-corrected chi connectivity index (χ2v) is 10.2. The van der Waals surface area contributed by atoms with Crippen LogP contribution in [-0.2, 0) is 21.0 Å². The van der Waals surface area contributed by atoms with Crippen LogP contribution in [0.15, 0.2) is 24.3 Å². The molecule has 2 heterocycles. The van der Waals surface area contributed by atoms with Crippen molar-refractivity contribution in [1.29, 1.82) is 0 Å². The predicted octanol–water partition coefficient (Wildman–Crippen LogP) is 3.39. The highest BCUT2D eigenvalue weighted by Gasteiger charge is 2.35. The van der Waals surface area contributed by atoms with Gasteiger partial charge in [-0.1, -0.05) is 25.5 Å². The van der Waals surface area contributed by atoms with E-state index in [0.29, 0.717) is 18.1 Å². The molecule has 0 bridgehead atoms. The second-order valence-electron chi connectivity index (χ2n) is 7.57. The Balaban J connectivity index is 1.66. The van der Waals surface area contributed by atoms with Crippen molar-refractivity contribution in [3.05, 3.63) is 29.8 Å². The molecule has 7 heteroatoms. The summed E-state index contributed by atoms with van der Waals surface area (Å²) in [7, 11) is -2.96. The minimum absolute atomic E-state index is 0.0666. The minimum Gasteiger partial charge on any atom is -0.376 e. The first-order chi connectivity index (χ1) is 13.0. The van der Waals surface area contributed by atoms with Gasteiger partial charge in [0.15, 0.2) is 14.9 Å². The van der Waals surface area contributed by atoms with E-state index in [4.69, 9.17) is 17.0 Å². The molecule has 0 aromatic heterocycles. The van der Waals surface area contributed by atoms with E-state index in [1.165, 1.54) is 18.4 Å². The molecule has 2 saturated heterocycles. The van der Waals surface area contributed by atoms with Crippen LogP contribution in [0.25, 0.3) is 0 Å². The number of nitrogens with zero attached hydrogens (tertiary/aromatic N) is 1. The quantitative estimate of drug-likeness (QED) is 0.696. The Morgan fingerprint density at radius 3 is 2.67 bits per heavy atom. The zero-order valence-electron chi connectivity index (χ0n) is 16.0. The maximum atomic E-state index is 12.0. The van der Waals surface area contributed by atoms with Crippen LogP contribution < -0.4 is 5.32 Å². The van der Waals surface area contributed by atoms with E-state index in [-0.39, 0.29) is 23.7 Å². The fourth-order valence-corrected chi connectivity index (χ4v) is 5.83. The number of anilines is 1. The van der Waals surface area contributed by atoms with Gasteiger partial charge in [-0.2, -0.15) is 0 Å². The molecular formula is C20H30N2O3S2. The topological polar surface area (TPSA) is 58.6 Å². The van der Waals surface area contributed by atoms with Crippen LogP contribution in [0.5, 0.6) is 0 Å². The van der Waals surface area contributed by atoms with Gasteiger partial charge in [0.1, 0.15) is 0 Å². The molecule has 1 aromatic rings. The molecule has 2 atom stereocenters. The van der Waals surface area contributed by atoms with Crippen LogP contribution in [0.2, 0.25) is 0 Å². The molecule has 0 radical (unpaired) electrons. The fraction of sp³-hybridized carbons (Fsp3) is 0.650. The molecule has 0 spiro atoms. The summed E-state index contributed by atoms with van der Waals surface area (Å²) in [5.41, 5.74) is 2.27. The third-order valence-electron chi connectivity index (χ3n) is 5.36. The number of hydrogen-bond donors (Lipinski definition) is 1. The SMILES string of the molecule is CCCCc1ccc(NC(=S)N(C[C@H]2CCCO2)[C@@H]2CCS(=O)(=O)C2)cc1. The number of rotatable bonds is 7. The lowest BCUT2D eigenvalue weighted by Gasteiger charge is -2.33. The highest BCUT2D eigenvalue weighted by molar-refractivity contribution is 7.91. The number of hydrogen-bond acceptors (Lipinski definition) is 4. The van der Waals surface area contributed by atoms with Gasteiger partial charge in [0, 0.05) is 24.9 Å². The van der Waals surface area contributed by atoms with Crippen LogP contribution in [0.1, 0.15) is 44.6 Å². The number of nitrogens with one attached hydrogen (secondary N) is 1. The Bertz CT molecular complexity index is 728.